The summed E-state index contributed by atoms with van der Waals surface area (Å²) in [6.07, 6.45) is 1.61. The van der Waals surface area contributed by atoms with E-state index in [1.807, 2.05) is 42.6 Å². The van der Waals surface area contributed by atoms with Gasteiger partial charge in [-0.05, 0) is 25.5 Å². The Morgan fingerprint density at radius 3 is 2.68 bits per heavy atom. The number of amides is 1. The van der Waals surface area contributed by atoms with Gasteiger partial charge in [0.15, 0.2) is 5.13 Å². The molecule has 0 bridgehead atoms. The van der Waals surface area contributed by atoms with Gasteiger partial charge >= 0.3 is 0 Å². The van der Waals surface area contributed by atoms with Crippen LogP contribution >= 0.6 is 22.7 Å². The van der Waals surface area contributed by atoms with Crippen molar-refractivity contribution in [2.75, 3.05) is 0 Å². The van der Waals surface area contributed by atoms with Gasteiger partial charge in [-0.25, -0.2) is 9.97 Å². The van der Waals surface area contributed by atoms with E-state index in [1.165, 1.54) is 22.0 Å². The molecule has 0 radical (unpaired) electrons. The third-order valence-electron chi connectivity index (χ3n) is 4.43. The van der Waals surface area contributed by atoms with E-state index in [4.69, 9.17) is 4.74 Å². The molecule has 0 unspecified atom stereocenters. The molecule has 9 heteroatoms. The number of pyridine rings is 1. The van der Waals surface area contributed by atoms with E-state index < -0.39 is 0 Å². The molecule has 0 atom stereocenters. The van der Waals surface area contributed by atoms with Crippen molar-refractivity contribution in [1.82, 2.24) is 19.9 Å². The van der Waals surface area contributed by atoms with E-state index in [1.54, 1.807) is 30.5 Å². The zero-order valence-electron chi connectivity index (χ0n) is 17.0. The highest BCUT2D eigenvalue weighted by Gasteiger charge is 2.17. The maximum Gasteiger partial charge on any atom is 0.263 e. The van der Waals surface area contributed by atoms with Crippen LogP contribution in [0.4, 0.5) is 0 Å². The number of thiazole rings is 2. The summed E-state index contributed by atoms with van der Waals surface area (Å²) >= 11 is 2.71. The van der Waals surface area contributed by atoms with Gasteiger partial charge in [0, 0.05) is 17.6 Å². The van der Waals surface area contributed by atoms with Crippen LogP contribution in [0.2, 0.25) is 0 Å². The molecule has 1 amide bonds. The standard InChI is InChI=1S/C22H20N4O3S2/c1-14-20(21(28)23-11-17-13-30-15(2)25-17)31-22(24-14)26-9-8-18(10-19(26)27)29-12-16-6-4-3-5-7-16/h3-10,13H,11-12H2,1-2H3,(H,23,28). The molecule has 158 valence electrons. The van der Waals surface area contributed by atoms with Crippen LogP contribution in [0.5, 0.6) is 5.75 Å². The van der Waals surface area contributed by atoms with Crippen LogP contribution in [-0.2, 0) is 13.2 Å². The molecular weight excluding hydrogens is 432 g/mol. The van der Waals surface area contributed by atoms with Crippen LogP contribution in [0.15, 0.2) is 58.8 Å². The molecule has 0 saturated carbocycles. The van der Waals surface area contributed by atoms with Gasteiger partial charge in [0.1, 0.15) is 17.2 Å². The highest BCUT2D eigenvalue weighted by atomic mass is 32.1. The van der Waals surface area contributed by atoms with E-state index >= 15 is 0 Å². The Morgan fingerprint density at radius 2 is 1.97 bits per heavy atom. The van der Waals surface area contributed by atoms with E-state index in [-0.39, 0.29) is 11.5 Å². The summed E-state index contributed by atoms with van der Waals surface area (Å²) in [7, 11) is 0. The van der Waals surface area contributed by atoms with Crippen molar-refractivity contribution >= 4 is 28.6 Å². The van der Waals surface area contributed by atoms with Gasteiger partial charge in [0.25, 0.3) is 11.5 Å². The molecule has 7 nitrogen and oxygen atoms in total. The Morgan fingerprint density at radius 1 is 1.16 bits per heavy atom. The largest absolute Gasteiger partial charge is 0.489 e. The fourth-order valence-electron chi connectivity index (χ4n) is 2.89. The smallest absolute Gasteiger partial charge is 0.263 e. The minimum atomic E-state index is -0.274. The number of rotatable bonds is 7. The summed E-state index contributed by atoms with van der Waals surface area (Å²) in [6.45, 7) is 4.41. The minimum absolute atomic E-state index is 0.234. The fraction of sp³-hybridized carbons (Fsp3) is 0.182. The van der Waals surface area contributed by atoms with Crippen LogP contribution in [0.25, 0.3) is 5.13 Å². The van der Waals surface area contributed by atoms with Crippen LogP contribution in [-0.4, -0.2) is 20.4 Å². The molecule has 1 N–H and O–H groups in total. The van der Waals surface area contributed by atoms with Crippen molar-refractivity contribution in [3.63, 3.8) is 0 Å². The molecular formula is C22H20N4O3S2. The molecule has 0 aliphatic heterocycles. The first-order valence-corrected chi connectivity index (χ1v) is 11.3. The zero-order valence-corrected chi connectivity index (χ0v) is 18.6. The maximum atomic E-state index is 12.6. The lowest BCUT2D eigenvalue weighted by molar-refractivity contribution is 0.0953. The van der Waals surface area contributed by atoms with Gasteiger partial charge in [-0.3, -0.25) is 14.2 Å². The molecule has 31 heavy (non-hydrogen) atoms. The summed E-state index contributed by atoms with van der Waals surface area (Å²) in [5, 5.41) is 6.17. The molecule has 0 fully saturated rings. The van der Waals surface area contributed by atoms with Gasteiger partial charge in [0.05, 0.1) is 22.9 Å². The lowest BCUT2D eigenvalue weighted by Crippen LogP contribution is -2.22. The summed E-state index contributed by atoms with van der Waals surface area (Å²) in [5.41, 5.74) is 2.14. The molecule has 0 spiro atoms. The normalized spacial score (nSPS) is 10.8. The monoisotopic (exact) mass is 452 g/mol. The van der Waals surface area contributed by atoms with Crippen LogP contribution in [0.3, 0.4) is 0 Å². The third kappa shape index (κ3) is 5.07. The van der Waals surface area contributed by atoms with Crippen molar-refractivity contribution in [2.45, 2.75) is 27.0 Å². The predicted octanol–water partition coefficient (Wildman–Crippen LogP) is 3.88. The van der Waals surface area contributed by atoms with Gasteiger partial charge < -0.3 is 10.1 Å². The summed E-state index contributed by atoms with van der Waals surface area (Å²) < 4.78 is 7.12. The lowest BCUT2D eigenvalue weighted by atomic mass is 10.2. The molecule has 0 aliphatic carbocycles. The highest BCUT2D eigenvalue weighted by molar-refractivity contribution is 7.16. The number of carbonyl (C=O) groups is 1. The number of nitrogens with zero attached hydrogens (tertiary/aromatic N) is 3. The summed E-state index contributed by atoms with van der Waals surface area (Å²) in [4.78, 5) is 34.4. The summed E-state index contributed by atoms with van der Waals surface area (Å²) in [6, 6.07) is 12.9. The van der Waals surface area contributed by atoms with Gasteiger partial charge in [0.2, 0.25) is 0 Å². The van der Waals surface area contributed by atoms with Crippen LogP contribution in [0.1, 0.15) is 31.6 Å². The maximum absolute atomic E-state index is 12.6. The molecule has 1 aromatic carbocycles. The van der Waals surface area contributed by atoms with Gasteiger partial charge in [-0.2, -0.15) is 0 Å². The third-order valence-corrected chi connectivity index (χ3v) is 6.41. The SMILES string of the molecule is Cc1nc(CNC(=O)c2sc(-n3ccc(OCc4ccccc4)cc3=O)nc2C)cs1. The van der Waals surface area contributed by atoms with Crippen molar-refractivity contribution in [3.05, 3.63) is 91.2 Å². The van der Waals surface area contributed by atoms with E-state index in [0.717, 1.165) is 16.3 Å². The van der Waals surface area contributed by atoms with E-state index in [9.17, 15) is 9.59 Å². The van der Waals surface area contributed by atoms with Gasteiger partial charge in [-0.15, -0.1) is 11.3 Å². The molecule has 4 aromatic rings. The fourth-order valence-corrected chi connectivity index (χ4v) is 4.47. The Balaban J connectivity index is 1.45. The summed E-state index contributed by atoms with van der Waals surface area (Å²) in [5.74, 6) is 0.248. The van der Waals surface area contributed by atoms with E-state index in [0.29, 0.717) is 34.6 Å². The predicted molar refractivity (Wildman–Crippen MR) is 121 cm³/mol. The zero-order chi connectivity index (χ0) is 21.8. The molecule has 0 saturated heterocycles. The second-order valence-electron chi connectivity index (χ2n) is 6.80. The highest BCUT2D eigenvalue weighted by Crippen LogP contribution is 2.21. The molecule has 3 aromatic heterocycles. The van der Waals surface area contributed by atoms with Gasteiger partial charge in [-0.1, -0.05) is 41.7 Å². The Hall–Kier alpha value is -3.30. The number of ether oxygens (including phenoxy) is 1. The first-order chi connectivity index (χ1) is 15.0. The topological polar surface area (TPSA) is 86.1 Å². The second kappa shape index (κ2) is 9.23. The number of nitrogens with one attached hydrogen (secondary N) is 1. The Labute approximate surface area is 187 Å². The van der Waals surface area contributed by atoms with Crippen molar-refractivity contribution in [1.29, 1.82) is 0 Å². The molecule has 0 aliphatic rings. The number of aryl methyl sites for hydroxylation is 2. The quantitative estimate of drug-likeness (QED) is 0.460. The molecule has 3 heterocycles. The Kier molecular flexibility index (Phi) is 6.24. The number of hydrogen-bond donors (Lipinski definition) is 1. The van der Waals surface area contributed by atoms with Crippen LogP contribution in [0, 0.1) is 13.8 Å². The second-order valence-corrected chi connectivity index (χ2v) is 8.84. The van der Waals surface area contributed by atoms with Crippen LogP contribution < -0.4 is 15.6 Å². The van der Waals surface area contributed by atoms with Crippen molar-refractivity contribution in [2.24, 2.45) is 0 Å². The average molecular weight is 453 g/mol. The number of aromatic nitrogens is 3. The van der Waals surface area contributed by atoms with E-state index in [2.05, 4.69) is 15.3 Å². The average Bonchev–Trinajstić information content (AvgIpc) is 3.36. The first kappa shape index (κ1) is 21.0. The number of hydrogen-bond acceptors (Lipinski definition) is 7. The first-order valence-electron chi connectivity index (χ1n) is 9.56. The lowest BCUT2D eigenvalue weighted by Gasteiger charge is -2.07. The van der Waals surface area contributed by atoms with Crippen molar-refractivity contribution in [3.8, 4) is 10.9 Å². The number of benzene rings is 1. The van der Waals surface area contributed by atoms with Crippen molar-refractivity contribution < 1.29 is 9.53 Å². The minimum Gasteiger partial charge on any atom is -0.489 e. The molecule has 4 rings (SSSR count). The number of carbonyl (C=O) groups excluding carboxylic acids is 1. The Bertz CT molecular complexity index is 1260.